The van der Waals surface area contributed by atoms with Crippen LogP contribution in [0.15, 0.2) is 12.1 Å². The minimum atomic E-state index is -4.94. The maximum atomic E-state index is 14.6. The molecule has 1 aromatic carbocycles. The van der Waals surface area contributed by atoms with Crippen LogP contribution < -0.4 is 9.47 Å². The molecular formula is C18H22F4O2. The molecule has 0 aliphatic heterocycles. The molecule has 0 saturated heterocycles. The summed E-state index contributed by atoms with van der Waals surface area (Å²) in [6.07, 6.45) is 3.04. The number of rotatable bonds is 6. The Balaban J connectivity index is 1.74. The molecule has 0 spiro atoms. The average molecular weight is 346 g/mol. The third-order valence-corrected chi connectivity index (χ3v) is 5.11. The molecule has 2 aliphatic carbocycles. The van der Waals surface area contributed by atoms with Crippen LogP contribution in [-0.4, -0.2) is 13.0 Å². The maximum Gasteiger partial charge on any atom is 0.573 e. The van der Waals surface area contributed by atoms with Gasteiger partial charge >= 0.3 is 6.36 Å². The Morgan fingerprint density at radius 3 is 2.29 bits per heavy atom. The molecule has 2 fully saturated rings. The van der Waals surface area contributed by atoms with Crippen LogP contribution in [0.4, 0.5) is 17.6 Å². The summed E-state index contributed by atoms with van der Waals surface area (Å²) < 4.78 is 61.9. The van der Waals surface area contributed by atoms with Crippen LogP contribution in [0, 0.1) is 11.7 Å². The number of hydrogen-bond acceptors (Lipinski definition) is 2. The lowest BCUT2D eigenvalue weighted by molar-refractivity contribution is -0.276. The highest BCUT2D eigenvalue weighted by molar-refractivity contribution is 5.46. The Morgan fingerprint density at radius 1 is 1.00 bits per heavy atom. The lowest BCUT2D eigenvalue weighted by Crippen LogP contribution is -2.20. The number of halogens is 4. The quantitative estimate of drug-likeness (QED) is 0.593. The summed E-state index contributed by atoms with van der Waals surface area (Å²) in [6.45, 7) is 0.279. The second-order valence-corrected chi connectivity index (χ2v) is 6.76. The van der Waals surface area contributed by atoms with Gasteiger partial charge in [-0.2, -0.15) is 0 Å². The Hall–Kier alpha value is -1.46. The minimum Gasteiger partial charge on any atom is -0.490 e. The molecule has 24 heavy (non-hydrogen) atoms. The van der Waals surface area contributed by atoms with Crippen LogP contribution in [0.2, 0.25) is 0 Å². The van der Waals surface area contributed by atoms with Crippen molar-refractivity contribution in [2.75, 3.05) is 6.61 Å². The predicted octanol–water partition coefficient (Wildman–Crippen LogP) is 5.95. The highest BCUT2D eigenvalue weighted by Gasteiger charge is 2.36. The van der Waals surface area contributed by atoms with Crippen molar-refractivity contribution >= 4 is 0 Å². The molecule has 0 atom stereocenters. The highest BCUT2D eigenvalue weighted by Crippen LogP contribution is 2.44. The van der Waals surface area contributed by atoms with E-state index in [0.29, 0.717) is 11.5 Å². The second-order valence-electron chi connectivity index (χ2n) is 6.76. The summed E-state index contributed by atoms with van der Waals surface area (Å²) in [6, 6.07) is 2.94. The first-order chi connectivity index (χ1) is 11.4. The zero-order valence-electron chi connectivity index (χ0n) is 13.5. The zero-order chi connectivity index (χ0) is 17.2. The van der Waals surface area contributed by atoms with E-state index in [9.17, 15) is 17.6 Å². The van der Waals surface area contributed by atoms with Gasteiger partial charge < -0.3 is 9.47 Å². The Labute approximate surface area is 139 Å². The van der Waals surface area contributed by atoms with Gasteiger partial charge in [0.2, 0.25) is 5.75 Å². The Morgan fingerprint density at radius 2 is 1.71 bits per heavy atom. The minimum absolute atomic E-state index is 0.0203. The van der Waals surface area contributed by atoms with E-state index in [-0.39, 0.29) is 18.3 Å². The molecule has 0 amide bonds. The first kappa shape index (κ1) is 17.4. The van der Waals surface area contributed by atoms with Crippen LogP contribution in [0.25, 0.3) is 0 Å². The lowest BCUT2D eigenvalue weighted by Gasteiger charge is -2.27. The molecule has 3 rings (SSSR count). The topological polar surface area (TPSA) is 18.5 Å². The van der Waals surface area contributed by atoms with Crippen molar-refractivity contribution in [3.8, 4) is 11.5 Å². The van der Waals surface area contributed by atoms with Crippen LogP contribution in [0.1, 0.15) is 62.8 Å². The normalized spacial score (nSPS) is 19.3. The predicted molar refractivity (Wildman–Crippen MR) is 81.7 cm³/mol. The molecule has 0 heterocycles. The summed E-state index contributed by atoms with van der Waals surface area (Å²) >= 11 is 0. The van der Waals surface area contributed by atoms with E-state index >= 15 is 0 Å². The Bertz CT molecular complexity index is 561. The number of benzene rings is 1. The van der Waals surface area contributed by atoms with E-state index in [1.54, 1.807) is 0 Å². The highest BCUT2D eigenvalue weighted by atomic mass is 19.4. The van der Waals surface area contributed by atoms with Gasteiger partial charge in [0.1, 0.15) is 0 Å². The maximum absolute atomic E-state index is 14.6. The molecule has 0 radical (unpaired) electrons. The zero-order valence-corrected chi connectivity index (χ0v) is 13.5. The summed E-state index contributed by atoms with van der Waals surface area (Å²) in [5.74, 6) is -1.39. The summed E-state index contributed by atoms with van der Waals surface area (Å²) in [5.41, 5.74) is 0.295. The van der Waals surface area contributed by atoms with E-state index in [4.69, 9.17) is 4.74 Å². The fraction of sp³-hybridized carbons (Fsp3) is 0.667. The van der Waals surface area contributed by atoms with Crippen molar-refractivity contribution in [1.82, 2.24) is 0 Å². The van der Waals surface area contributed by atoms with Crippen molar-refractivity contribution in [2.45, 2.75) is 63.6 Å². The lowest BCUT2D eigenvalue weighted by atomic mass is 9.80. The van der Waals surface area contributed by atoms with Crippen molar-refractivity contribution in [1.29, 1.82) is 0 Å². The molecule has 134 valence electrons. The molecule has 0 bridgehead atoms. The molecule has 0 unspecified atom stereocenters. The molecule has 0 N–H and O–H groups in total. The van der Waals surface area contributed by atoms with Crippen molar-refractivity contribution in [2.24, 2.45) is 5.92 Å². The smallest absolute Gasteiger partial charge is 0.490 e. The van der Waals surface area contributed by atoms with Gasteiger partial charge in [-0.3, -0.25) is 0 Å². The van der Waals surface area contributed by atoms with E-state index in [2.05, 4.69) is 4.74 Å². The van der Waals surface area contributed by atoms with Gasteiger partial charge in [0.15, 0.2) is 11.6 Å². The first-order valence-corrected chi connectivity index (χ1v) is 8.65. The van der Waals surface area contributed by atoms with Crippen molar-refractivity contribution < 1.29 is 27.0 Å². The van der Waals surface area contributed by atoms with Gasteiger partial charge in [0.25, 0.3) is 0 Å². The average Bonchev–Trinajstić information content (AvgIpc) is 2.95. The standard InChI is InChI=1S/C18H22F4O2/c19-16-14(13-6-3-7-13)8-9-15(17(16)24-18(20,21)22)23-11-10-12-4-1-2-5-12/h8-9,12-13H,1-7,10-11H2. The van der Waals surface area contributed by atoms with E-state index in [0.717, 1.165) is 38.5 Å². The van der Waals surface area contributed by atoms with Crippen molar-refractivity contribution in [3.63, 3.8) is 0 Å². The monoisotopic (exact) mass is 346 g/mol. The van der Waals surface area contributed by atoms with Crippen molar-refractivity contribution in [3.05, 3.63) is 23.5 Å². The van der Waals surface area contributed by atoms with Gasteiger partial charge in [0.05, 0.1) is 6.61 Å². The summed E-state index contributed by atoms with van der Waals surface area (Å²) in [5, 5.41) is 0. The molecule has 1 aromatic rings. The van der Waals surface area contributed by atoms with Gasteiger partial charge in [-0.1, -0.05) is 38.2 Å². The largest absolute Gasteiger partial charge is 0.573 e. The second kappa shape index (κ2) is 7.19. The number of ether oxygens (including phenoxy) is 2. The summed E-state index contributed by atoms with van der Waals surface area (Å²) in [4.78, 5) is 0. The fourth-order valence-electron chi connectivity index (χ4n) is 3.55. The molecule has 0 aromatic heterocycles. The van der Waals surface area contributed by atoms with E-state index in [1.807, 2.05) is 0 Å². The molecule has 6 heteroatoms. The Kier molecular flexibility index (Phi) is 5.21. The van der Waals surface area contributed by atoms with E-state index in [1.165, 1.54) is 25.0 Å². The van der Waals surface area contributed by atoms with Gasteiger partial charge in [-0.05, 0) is 42.7 Å². The number of alkyl halides is 3. The third-order valence-electron chi connectivity index (χ3n) is 5.11. The first-order valence-electron chi connectivity index (χ1n) is 8.65. The van der Waals surface area contributed by atoms with Crippen LogP contribution >= 0.6 is 0 Å². The molecular weight excluding hydrogens is 324 g/mol. The molecule has 2 saturated carbocycles. The van der Waals surface area contributed by atoms with E-state index < -0.39 is 17.9 Å². The van der Waals surface area contributed by atoms with Crippen LogP contribution in [-0.2, 0) is 0 Å². The van der Waals surface area contributed by atoms with Gasteiger partial charge in [-0.15, -0.1) is 13.2 Å². The van der Waals surface area contributed by atoms with Gasteiger partial charge in [0, 0.05) is 0 Å². The van der Waals surface area contributed by atoms with Gasteiger partial charge in [-0.25, -0.2) is 4.39 Å². The summed E-state index contributed by atoms with van der Waals surface area (Å²) in [7, 11) is 0. The molecule has 2 aliphatic rings. The van der Waals surface area contributed by atoms with Crippen LogP contribution in [0.5, 0.6) is 11.5 Å². The fourth-order valence-corrected chi connectivity index (χ4v) is 3.55. The molecule has 2 nitrogen and oxygen atoms in total. The third kappa shape index (κ3) is 4.14. The number of hydrogen-bond donors (Lipinski definition) is 0. The van der Waals surface area contributed by atoms with Crippen LogP contribution in [0.3, 0.4) is 0 Å². The SMILES string of the molecule is Fc1c(C2CCC2)ccc(OCCC2CCCC2)c1OC(F)(F)F.